The first kappa shape index (κ1) is 25.9. The van der Waals surface area contributed by atoms with Crippen LogP contribution in [0.15, 0.2) is 60.7 Å². The van der Waals surface area contributed by atoms with Gasteiger partial charge in [-0.05, 0) is 66.9 Å². The molecule has 0 radical (unpaired) electrons. The zero-order valence-corrected chi connectivity index (χ0v) is 21.8. The molecule has 2 aliphatic rings. The summed E-state index contributed by atoms with van der Waals surface area (Å²) >= 11 is 0. The number of halogens is 1. The number of carbonyl (C=O) groups is 1. The highest BCUT2D eigenvalue weighted by Crippen LogP contribution is 2.34. The van der Waals surface area contributed by atoms with Gasteiger partial charge in [0.2, 0.25) is 0 Å². The van der Waals surface area contributed by atoms with E-state index in [1.807, 2.05) is 53.4 Å². The summed E-state index contributed by atoms with van der Waals surface area (Å²) in [7, 11) is 3.21. The molecule has 3 aromatic rings. The number of rotatable bonds is 9. The number of fused-ring (bicyclic) bond motifs is 1. The molecule has 38 heavy (non-hydrogen) atoms. The largest absolute Gasteiger partial charge is 0.497 e. The molecule has 0 aromatic heterocycles. The van der Waals surface area contributed by atoms with E-state index >= 15 is 4.39 Å². The second-order valence-electron chi connectivity index (χ2n) is 9.64. The van der Waals surface area contributed by atoms with Crippen LogP contribution in [0.2, 0.25) is 0 Å². The lowest BCUT2D eigenvalue weighted by Gasteiger charge is -2.37. The maximum Gasteiger partial charge on any atom is 0.254 e. The molecule has 2 aliphatic heterocycles. The van der Waals surface area contributed by atoms with Crippen LogP contribution >= 0.6 is 0 Å². The number of amides is 1. The molecule has 7 nitrogen and oxygen atoms in total. The Hall–Kier alpha value is -3.78. The van der Waals surface area contributed by atoms with Gasteiger partial charge in [-0.15, -0.1) is 0 Å². The fourth-order valence-corrected chi connectivity index (χ4v) is 5.06. The number of nitrogens with zero attached hydrogens (tertiary/aromatic N) is 2. The lowest BCUT2D eigenvalue weighted by atomic mass is 10.1. The molecule has 0 aliphatic carbocycles. The topological polar surface area (TPSA) is 60.5 Å². The van der Waals surface area contributed by atoms with Gasteiger partial charge in [-0.3, -0.25) is 9.69 Å². The minimum atomic E-state index is -0.631. The second kappa shape index (κ2) is 11.7. The number of carbonyl (C=O) groups excluding carboxylic acids is 1. The van der Waals surface area contributed by atoms with Crippen molar-refractivity contribution >= 4 is 5.91 Å². The number of hydrogen-bond acceptors (Lipinski definition) is 6. The molecule has 0 spiro atoms. The Bertz CT molecular complexity index is 1250. The summed E-state index contributed by atoms with van der Waals surface area (Å²) in [6, 6.07) is 18.0. The molecule has 0 unspecified atom stereocenters. The third kappa shape index (κ3) is 5.86. The van der Waals surface area contributed by atoms with Crippen molar-refractivity contribution in [3.63, 3.8) is 0 Å². The van der Waals surface area contributed by atoms with E-state index in [1.165, 1.54) is 6.07 Å². The highest BCUT2D eigenvalue weighted by atomic mass is 19.1. The van der Waals surface area contributed by atoms with E-state index in [9.17, 15) is 4.79 Å². The SMILES string of the molecule is COc1ccc(COc2cc(C(=O)N3CCN4CCC[C@H]4C3)cc(F)c2OCc2ccc(OC)cc2)cc1. The highest BCUT2D eigenvalue weighted by molar-refractivity contribution is 5.95. The van der Waals surface area contributed by atoms with Crippen molar-refractivity contribution in [2.75, 3.05) is 40.4 Å². The van der Waals surface area contributed by atoms with Crippen LogP contribution in [0.1, 0.15) is 34.3 Å². The van der Waals surface area contributed by atoms with Crippen molar-refractivity contribution in [3.8, 4) is 23.0 Å². The maximum atomic E-state index is 15.5. The number of methoxy groups -OCH3 is 2. The van der Waals surface area contributed by atoms with Crippen LogP contribution in [0.4, 0.5) is 4.39 Å². The standard InChI is InChI=1S/C30H33FN2O5/c1-35-25-9-5-21(6-10-25)19-37-28-17-23(30(34)33-15-14-32-13-3-4-24(32)18-33)16-27(31)29(28)38-20-22-7-11-26(36-2)12-8-22/h5-12,16-17,24H,3-4,13-15,18-20H2,1-2H3/t24-/m0/s1. The third-order valence-corrected chi connectivity index (χ3v) is 7.23. The van der Waals surface area contributed by atoms with Crippen LogP contribution in [-0.2, 0) is 13.2 Å². The highest BCUT2D eigenvalue weighted by Gasteiger charge is 2.33. The lowest BCUT2D eigenvalue weighted by molar-refractivity contribution is 0.0570. The van der Waals surface area contributed by atoms with Crippen molar-refractivity contribution in [2.24, 2.45) is 0 Å². The number of hydrogen-bond donors (Lipinski definition) is 0. The van der Waals surface area contributed by atoms with Crippen LogP contribution in [0, 0.1) is 5.82 Å². The molecular weight excluding hydrogens is 487 g/mol. The van der Waals surface area contributed by atoms with Crippen molar-refractivity contribution in [1.29, 1.82) is 0 Å². The molecular formula is C30H33FN2O5. The smallest absolute Gasteiger partial charge is 0.254 e. The van der Waals surface area contributed by atoms with Gasteiger partial charge in [0.25, 0.3) is 5.91 Å². The zero-order chi connectivity index (χ0) is 26.5. The van der Waals surface area contributed by atoms with Crippen LogP contribution in [0.5, 0.6) is 23.0 Å². The molecule has 5 rings (SSSR count). The fraction of sp³-hybridized carbons (Fsp3) is 0.367. The van der Waals surface area contributed by atoms with E-state index in [2.05, 4.69) is 4.90 Å². The molecule has 3 aromatic carbocycles. The van der Waals surface area contributed by atoms with E-state index in [0.29, 0.717) is 19.1 Å². The van der Waals surface area contributed by atoms with Gasteiger partial charge >= 0.3 is 0 Å². The summed E-state index contributed by atoms with van der Waals surface area (Å²) < 4.78 is 37.8. The van der Waals surface area contributed by atoms with E-state index in [0.717, 1.165) is 48.6 Å². The van der Waals surface area contributed by atoms with Gasteiger partial charge < -0.3 is 23.8 Å². The molecule has 0 bridgehead atoms. The van der Waals surface area contributed by atoms with Gasteiger partial charge in [-0.2, -0.15) is 0 Å². The Kier molecular flexibility index (Phi) is 7.98. The summed E-state index contributed by atoms with van der Waals surface area (Å²) in [4.78, 5) is 17.7. The van der Waals surface area contributed by atoms with E-state index in [-0.39, 0.29) is 36.2 Å². The molecule has 200 valence electrons. The van der Waals surface area contributed by atoms with Gasteiger partial charge in [0.1, 0.15) is 24.7 Å². The fourth-order valence-electron chi connectivity index (χ4n) is 5.06. The lowest BCUT2D eigenvalue weighted by Crippen LogP contribution is -2.52. The van der Waals surface area contributed by atoms with Gasteiger partial charge in [0, 0.05) is 31.2 Å². The predicted molar refractivity (Wildman–Crippen MR) is 142 cm³/mol. The van der Waals surface area contributed by atoms with Crippen LogP contribution in [0.25, 0.3) is 0 Å². The maximum absolute atomic E-state index is 15.5. The first-order valence-electron chi connectivity index (χ1n) is 12.9. The molecule has 2 heterocycles. The molecule has 1 atom stereocenters. The molecule has 2 fully saturated rings. The average Bonchev–Trinajstić information content (AvgIpc) is 3.43. The zero-order valence-electron chi connectivity index (χ0n) is 21.8. The first-order valence-corrected chi connectivity index (χ1v) is 12.9. The van der Waals surface area contributed by atoms with Gasteiger partial charge in [0.15, 0.2) is 17.3 Å². The van der Waals surface area contributed by atoms with Crippen LogP contribution in [-0.4, -0.2) is 62.1 Å². The Morgan fingerprint density at radius 1 is 0.868 bits per heavy atom. The number of ether oxygens (including phenoxy) is 4. The summed E-state index contributed by atoms with van der Waals surface area (Å²) in [6.07, 6.45) is 2.25. The van der Waals surface area contributed by atoms with Gasteiger partial charge in [-0.1, -0.05) is 24.3 Å². The van der Waals surface area contributed by atoms with Crippen LogP contribution in [0.3, 0.4) is 0 Å². The number of piperazine rings is 1. The number of benzene rings is 3. The summed E-state index contributed by atoms with van der Waals surface area (Å²) in [5.41, 5.74) is 1.98. The molecule has 2 saturated heterocycles. The quantitative estimate of drug-likeness (QED) is 0.399. The monoisotopic (exact) mass is 520 g/mol. The molecule has 0 N–H and O–H groups in total. The van der Waals surface area contributed by atoms with Crippen molar-refractivity contribution in [2.45, 2.75) is 32.1 Å². The van der Waals surface area contributed by atoms with Crippen molar-refractivity contribution in [3.05, 3.63) is 83.2 Å². The molecule has 1 amide bonds. The first-order chi connectivity index (χ1) is 18.5. The molecule has 0 saturated carbocycles. The Labute approximate surface area is 222 Å². The van der Waals surface area contributed by atoms with Crippen LogP contribution < -0.4 is 18.9 Å². The average molecular weight is 521 g/mol. The third-order valence-electron chi connectivity index (χ3n) is 7.23. The summed E-state index contributed by atoms with van der Waals surface area (Å²) in [6.45, 7) is 3.55. The Balaban J connectivity index is 1.37. The second-order valence-corrected chi connectivity index (χ2v) is 9.64. The minimum absolute atomic E-state index is 0.0218. The van der Waals surface area contributed by atoms with Crippen molar-refractivity contribution < 1.29 is 28.1 Å². The van der Waals surface area contributed by atoms with Gasteiger partial charge in [-0.25, -0.2) is 4.39 Å². The predicted octanol–water partition coefficient (Wildman–Crippen LogP) is 4.92. The molecule has 8 heteroatoms. The minimum Gasteiger partial charge on any atom is -0.497 e. The Morgan fingerprint density at radius 2 is 1.50 bits per heavy atom. The Morgan fingerprint density at radius 3 is 2.13 bits per heavy atom. The van der Waals surface area contributed by atoms with E-state index < -0.39 is 5.82 Å². The summed E-state index contributed by atoms with van der Waals surface area (Å²) in [5.74, 6) is 0.812. The van der Waals surface area contributed by atoms with E-state index in [1.54, 1.807) is 20.3 Å². The normalized spacial score (nSPS) is 17.1. The van der Waals surface area contributed by atoms with Gasteiger partial charge in [0.05, 0.1) is 14.2 Å². The van der Waals surface area contributed by atoms with Crippen molar-refractivity contribution in [1.82, 2.24) is 9.80 Å². The summed E-state index contributed by atoms with van der Waals surface area (Å²) in [5, 5.41) is 0. The van der Waals surface area contributed by atoms with E-state index in [4.69, 9.17) is 18.9 Å².